The van der Waals surface area contributed by atoms with Crippen LogP contribution >= 0.6 is 0 Å². The fourth-order valence-electron chi connectivity index (χ4n) is 4.66. The predicted octanol–water partition coefficient (Wildman–Crippen LogP) is 4.44. The van der Waals surface area contributed by atoms with E-state index < -0.39 is 49.1 Å². The smallest absolute Gasteiger partial charge is 0.313 e. The van der Waals surface area contributed by atoms with Crippen LogP contribution in [0.1, 0.15) is 68.7 Å². The van der Waals surface area contributed by atoms with E-state index in [0.29, 0.717) is 33.4 Å². The van der Waals surface area contributed by atoms with Crippen molar-refractivity contribution in [2.75, 3.05) is 19.8 Å². The quantitative estimate of drug-likeness (QED) is 0.154. The monoisotopic (exact) mass is 593 g/mol. The zero-order chi connectivity index (χ0) is 31.7. The molecule has 0 aliphatic carbocycles. The second-order valence-corrected chi connectivity index (χ2v) is 10.8. The minimum absolute atomic E-state index is 0.181. The standard InChI is InChI=1S/C36H35NO7/c1-24(28-15-9-17-30(19-28)32(40)26-11-5-3-6-12-26)34(42)37-36(21-38,22-39)23-44-35(43)25(2)29-16-10-18-31(20-29)33(41)27-13-7-4-8-14-27/h3-20,24-25,38-39H,21-23H2,1-2H3,(H,37,42)/t24?,25-/m0/s1. The molecule has 4 aromatic rings. The summed E-state index contributed by atoms with van der Waals surface area (Å²) in [5.41, 5.74) is 1.35. The first-order valence-corrected chi connectivity index (χ1v) is 14.3. The minimum Gasteiger partial charge on any atom is -0.463 e. The predicted molar refractivity (Wildman–Crippen MR) is 165 cm³/mol. The number of aliphatic hydroxyl groups excluding tert-OH is 2. The topological polar surface area (TPSA) is 130 Å². The molecule has 0 aromatic heterocycles. The van der Waals surface area contributed by atoms with Crippen molar-refractivity contribution < 1.29 is 34.1 Å². The minimum atomic E-state index is -1.65. The van der Waals surface area contributed by atoms with Crippen molar-refractivity contribution >= 4 is 23.4 Å². The van der Waals surface area contributed by atoms with Gasteiger partial charge in [0.2, 0.25) is 5.91 Å². The Morgan fingerprint density at radius 1 is 0.636 bits per heavy atom. The molecule has 1 unspecified atom stereocenters. The maximum atomic E-state index is 13.3. The summed E-state index contributed by atoms with van der Waals surface area (Å²) in [4.78, 5) is 52.1. The average molecular weight is 594 g/mol. The Bertz CT molecular complexity index is 1610. The number of rotatable bonds is 13. The van der Waals surface area contributed by atoms with E-state index in [1.807, 2.05) is 12.1 Å². The summed E-state index contributed by atoms with van der Waals surface area (Å²) in [5, 5.41) is 22.9. The largest absolute Gasteiger partial charge is 0.463 e. The van der Waals surface area contributed by atoms with E-state index in [1.54, 1.807) is 111 Å². The molecule has 8 heteroatoms. The van der Waals surface area contributed by atoms with Gasteiger partial charge in [0.1, 0.15) is 12.1 Å². The molecular weight excluding hydrogens is 558 g/mol. The first kappa shape index (κ1) is 32.0. The van der Waals surface area contributed by atoms with Gasteiger partial charge < -0.3 is 20.3 Å². The number of benzene rings is 4. The van der Waals surface area contributed by atoms with Crippen LogP contribution in [-0.4, -0.2) is 59.0 Å². The van der Waals surface area contributed by atoms with Crippen molar-refractivity contribution in [3.05, 3.63) is 143 Å². The summed E-state index contributed by atoms with van der Waals surface area (Å²) in [6.07, 6.45) is 0. The summed E-state index contributed by atoms with van der Waals surface area (Å²) in [7, 11) is 0. The van der Waals surface area contributed by atoms with Gasteiger partial charge >= 0.3 is 5.97 Å². The van der Waals surface area contributed by atoms with Crippen LogP contribution in [-0.2, 0) is 14.3 Å². The van der Waals surface area contributed by atoms with E-state index >= 15 is 0 Å². The lowest BCUT2D eigenvalue weighted by Gasteiger charge is -2.32. The molecule has 0 saturated carbocycles. The average Bonchev–Trinajstić information content (AvgIpc) is 3.09. The highest BCUT2D eigenvalue weighted by Gasteiger charge is 2.35. The Hall–Kier alpha value is -4.92. The van der Waals surface area contributed by atoms with Crippen LogP contribution in [0.25, 0.3) is 0 Å². The van der Waals surface area contributed by atoms with E-state index in [1.165, 1.54) is 0 Å². The van der Waals surface area contributed by atoms with Crippen molar-refractivity contribution in [1.29, 1.82) is 0 Å². The molecule has 0 heterocycles. The highest BCUT2D eigenvalue weighted by atomic mass is 16.5. The number of ketones is 2. The molecule has 8 nitrogen and oxygen atoms in total. The van der Waals surface area contributed by atoms with E-state index in [0.717, 1.165) is 0 Å². The number of hydrogen-bond acceptors (Lipinski definition) is 7. The zero-order valence-corrected chi connectivity index (χ0v) is 24.6. The molecule has 0 aliphatic heterocycles. The summed E-state index contributed by atoms with van der Waals surface area (Å²) >= 11 is 0. The molecule has 44 heavy (non-hydrogen) atoms. The highest BCUT2D eigenvalue weighted by molar-refractivity contribution is 6.09. The van der Waals surface area contributed by atoms with Crippen molar-refractivity contribution in [1.82, 2.24) is 5.32 Å². The summed E-state index contributed by atoms with van der Waals surface area (Å²) in [6, 6.07) is 31.0. The molecule has 0 aliphatic rings. The van der Waals surface area contributed by atoms with Gasteiger partial charge in [-0.3, -0.25) is 19.2 Å². The lowest BCUT2D eigenvalue weighted by atomic mass is 9.93. The molecule has 1 amide bonds. The third kappa shape index (κ3) is 7.53. The van der Waals surface area contributed by atoms with Crippen molar-refractivity contribution in [2.45, 2.75) is 31.2 Å². The van der Waals surface area contributed by atoms with Gasteiger partial charge in [-0.15, -0.1) is 0 Å². The number of aliphatic hydroxyl groups is 2. The third-order valence-electron chi connectivity index (χ3n) is 7.60. The third-order valence-corrected chi connectivity index (χ3v) is 7.60. The number of esters is 1. The normalized spacial score (nSPS) is 12.5. The number of amides is 1. The fourth-order valence-corrected chi connectivity index (χ4v) is 4.66. The van der Waals surface area contributed by atoms with Gasteiger partial charge in [0, 0.05) is 22.3 Å². The lowest BCUT2D eigenvalue weighted by molar-refractivity contribution is -0.150. The van der Waals surface area contributed by atoms with Gasteiger partial charge in [0.15, 0.2) is 11.6 Å². The van der Waals surface area contributed by atoms with Gasteiger partial charge in [-0.2, -0.15) is 0 Å². The van der Waals surface area contributed by atoms with Crippen LogP contribution in [0.4, 0.5) is 0 Å². The molecule has 0 radical (unpaired) electrons. The number of hydrogen-bond donors (Lipinski definition) is 3. The molecule has 226 valence electrons. The van der Waals surface area contributed by atoms with Crippen LogP contribution in [0.15, 0.2) is 109 Å². The summed E-state index contributed by atoms with van der Waals surface area (Å²) in [6.45, 7) is 1.38. The maximum Gasteiger partial charge on any atom is 0.313 e. The molecule has 4 aromatic carbocycles. The van der Waals surface area contributed by atoms with Gasteiger partial charge in [0.05, 0.1) is 25.0 Å². The van der Waals surface area contributed by atoms with Crippen LogP contribution in [0.5, 0.6) is 0 Å². The second-order valence-electron chi connectivity index (χ2n) is 10.8. The van der Waals surface area contributed by atoms with Gasteiger partial charge in [-0.05, 0) is 37.1 Å². The van der Waals surface area contributed by atoms with Crippen molar-refractivity contribution in [3.63, 3.8) is 0 Å². The molecule has 0 spiro atoms. The van der Waals surface area contributed by atoms with Crippen LogP contribution in [0.3, 0.4) is 0 Å². The lowest BCUT2D eigenvalue weighted by Crippen LogP contribution is -2.58. The number of carbonyl (C=O) groups is 4. The molecule has 2 atom stereocenters. The van der Waals surface area contributed by atoms with E-state index in [4.69, 9.17) is 4.74 Å². The fraction of sp³-hybridized carbons (Fsp3) is 0.222. The summed E-state index contributed by atoms with van der Waals surface area (Å²) in [5.74, 6) is -3.08. The first-order chi connectivity index (χ1) is 21.2. The van der Waals surface area contributed by atoms with Crippen LogP contribution < -0.4 is 5.32 Å². The number of ether oxygens (including phenoxy) is 1. The highest BCUT2D eigenvalue weighted by Crippen LogP contribution is 2.23. The molecule has 3 N–H and O–H groups in total. The Morgan fingerprint density at radius 3 is 1.52 bits per heavy atom. The van der Waals surface area contributed by atoms with Gasteiger partial charge in [-0.1, -0.05) is 97.1 Å². The Kier molecular flexibility index (Phi) is 10.6. The SMILES string of the molecule is CC(C(=O)NC(CO)(CO)COC(=O)[C@@H](C)c1cccc(C(=O)c2ccccc2)c1)c1cccc(C(=O)c2ccccc2)c1. The zero-order valence-electron chi connectivity index (χ0n) is 24.6. The van der Waals surface area contributed by atoms with Crippen molar-refractivity contribution in [3.8, 4) is 0 Å². The molecule has 0 fully saturated rings. The van der Waals surface area contributed by atoms with Crippen LogP contribution in [0, 0.1) is 0 Å². The van der Waals surface area contributed by atoms with E-state index in [2.05, 4.69) is 5.32 Å². The molecule has 4 rings (SSSR count). The summed E-state index contributed by atoms with van der Waals surface area (Å²) < 4.78 is 5.47. The Morgan fingerprint density at radius 2 is 1.07 bits per heavy atom. The molecule has 0 saturated heterocycles. The number of nitrogens with one attached hydrogen (secondary N) is 1. The molecule has 0 bridgehead atoms. The Labute approximate surface area is 256 Å². The van der Waals surface area contributed by atoms with Gasteiger partial charge in [-0.25, -0.2) is 0 Å². The Balaban J connectivity index is 1.42. The van der Waals surface area contributed by atoms with Gasteiger partial charge in [0.25, 0.3) is 0 Å². The van der Waals surface area contributed by atoms with Crippen LogP contribution in [0.2, 0.25) is 0 Å². The van der Waals surface area contributed by atoms with E-state index in [-0.39, 0.29) is 11.6 Å². The molecular formula is C36H35NO7. The van der Waals surface area contributed by atoms with Crippen molar-refractivity contribution in [2.24, 2.45) is 0 Å². The second kappa shape index (κ2) is 14.5. The first-order valence-electron chi connectivity index (χ1n) is 14.3. The number of carbonyl (C=O) groups excluding carboxylic acids is 4. The maximum absolute atomic E-state index is 13.3. The van der Waals surface area contributed by atoms with E-state index in [9.17, 15) is 29.4 Å².